The lowest BCUT2D eigenvalue weighted by Crippen LogP contribution is -2.15. The summed E-state index contributed by atoms with van der Waals surface area (Å²) >= 11 is 0. The molecule has 0 spiro atoms. The molecule has 1 N–H and O–H groups in total. The summed E-state index contributed by atoms with van der Waals surface area (Å²) < 4.78 is 6.72. The third-order valence-corrected chi connectivity index (χ3v) is 2.94. The molecule has 0 bridgehead atoms. The predicted molar refractivity (Wildman–Crippen MR) is 78.1 cm³/mol. The van der Waals surface area contributed by atoms with E-state index in [2.05, 4.69) is 10.4 Å². The second kappa shape index (κ2) is 6.57. The second-order valence-electron chi connectivity index (χ2n) is 4.42. The lowest BCUT2D eigenvalue weighted by molar-refractivity contribution is 0.101. The standard InChI is InChI=1S/C15H16N4O2/c1-3-11-10-14(19(2)18-11)15(20)17-12-4-6-13(7-5-12)21-9-8-16/h4-7,10H,3,9H2,1-2H3,(H,17,20). The van der Waals surface area contributed by atoms with Crippen molar-refractivity contribution in [2.24, 2.45) is 7.05 Å². The molecule has 1 aromatic carbocycles. The number of rotatable bonds is 5. The van der Waals surface area contributed by atoms with Crippen molar-refractivity contribution in [2.75, 3.05) is 11.9 Å². The van der Waals surface area contributed by atoms with Crippen LogP contribution in [0.15, 0.2) is 30.3 Å². The van der Waals surface area contributed by atoms with Gasteiger partial charge >= 0.3 is 0 Å². The number of anilines is 1. The molecule has 2 aromatic rings. The summed E-state index contributed by atoms with van der Waals surface area (Å²) in [6.45, 7) is 1.99. The number of benzene rings is 1. The number of hydrogen-bond acceptors (Lipinski definition) is 4. The second-order valence-corrected chi connectivity index (χ2v) is 4.42. The maximum absolute atomic E-state index is 12.2. The van der Waals surface area contributed by atoms with Gasteiger partial charge in [0.05, 0.1) is 5.69 Å². The van der Waals surface area contributed by atoms with Gasteiger partial charge in [-0.3, -0.25) is 9.48 Å². The Morgan fingerprint density at radius 1 is 1.43 bits per heavy atom. The molecule has 108 valence electrons. The van der Waals surface area contributed by atoms with Crippen molar-refractivity contribution in [2.45, 2.75) is 13.3 Å². The first kappa shape index (κ1) is 14.6. The number of carbonyl (C=O) groups is 1. The van der Waals surface area contributed by atoms with E-state index in [-0.39, 0.29) is 12.5 Å². The molecule has 21 heavy (non-hydrogen) atoms. The summed E-state index contributed by atoms with van der Waals surface area (Å²) in [7, 11) is 1.74. The van der Waals surface area contributed by atoms with Gasteiger partial charge in [0.1, 0.15) is 17.5 Å². The minimum absolute atomic E-state index is 0.000516. The zero-order chi connectivity index (χ0) is 15.2. The van der Waals surface area contributed by atoms with Gasteiger partial charge in [-0.1, -0.05) is 6.92 Å². The maximum Gasteiger partial charge on any atom is 0.273 e. The first-order valence-electron chi connectivity index (χ1n) is 6.58. The van der Waals surface area contributed by atoms with E-state index in [9.17, 15) is 4.79 Å². The van der Waals surface area contributed by atoms with Crippen molar-refractivity contribution in [3.63, 3.8) is 0 Å². The summed E-state index contributed by atoms with van der Waals surface area (Å²) in [5.41, 5.74) is 2.04. The van der Waals surface area contributed by atoms with Gasteiger partial charge in [-0.2, -0.15) is 10.4 Å². The van der Waals surface area contributed by atoms with Crippen LogP contribution in [0.5, 0.6) is 5.75 Å². The summed E-state index contributed by atoms with van der Waals surface area (Å²) in [5, 5.41) is 15.5. The average Bonchev–Trinajstić information content (AvgIpc) is 2.88. The first-order chi connectivity index (χ1) is 10.1. The summed E-state index contributed by atoms with van der Waals surface area (Å²) in [5.74, 6) is 0.374. The smallest absolute Gasteiger partial charge is 0.273 e. The van der Waals surface area contributed by atoms with Crippen LogP contribution in [-0.4, -0.2) is 22.3 Å². The third-order valence-electron chi connectivity index (χ3n) is 2.94. The molecule has 1 amide bonds. The topological polar surface area (TPSA) is 79.9 Å². The van der Waals surface area contributed by atoms with E-state index in [1.54, 1.807) is 42.1 Å². The maximum atomic E-state index is 12.2. The van der Waals surface area contributed by atoms with E-state index < -0.39 is 0 Å². The molecular weight excluding hydrogens is 268 g/mol. The highest BCUT2D eigenvalue weighted by Gasteiger charge is 2.12. The van der Waals surface area contributed by atoms with Crippen molar-refractivity contribution in [1.29, 1.82) is 5.26 Å². The van der Waals surface area contributed by atoms with Gasteiger partial charge < -0.3 is 10.1 Å². The number of aromatic nitrogens is 2. The van der Waals surface area contributed by atoms with E-state index in [1.165, 1.54) is 0 Å². The fraction of sp³-hybridized carbons (Fsp3) is 0.267. The Kier molecular flexibility index (Phi) is 4.57. The molecule has 6 nitrogen and oxygen atoms in total. The number of hydrogen-bond donors (Lipinski definition) is 1. The fourth-order valence-corrected chi connectivity index (χ4v) is 1.86. The molecule has 1 aromatic heterocycles. The molecule has 0 radical (unpaired) electrons. The lowest BCUT2D eigenvalue weighted by Gasteiger charge is -2.06. The highest BCUT2D eigenvalue weighted by molar-refractivity contribution is 6.03. The monoisotopic (exact) mass is 284 g/mol. The van der Waals surface area contributed by atoms with Crippen molar-refractivity contribution in [3.8, 4) is 11.8 Å². The highest BCUT2D eigenvalue weighted by Crippen LogP contribution is 2.16. The van der Waals surface area contributed by atoms with E-state index >= 15 is 0 Å². The van der Waals surface area contributed by atoms with Crippen LogP contribution in [0.1, 0.15) is 23.1 Å². The van der Waals surface area contributed by atoms with Crippen molar-refractivity contribution in [1.82, 2.24) is 9.78 Å². The minimum Gasteiger partial charge on any atom is -0.479 e. The summed E-state index contributed by atoms with van der Waals surface area (Å²) in [6.07, 6.45) is 0.784. The van der Waals surface area contributed by atoms with Crippen molar-refractivity contribution < 1.29 is 9.53 Å². The number of amides is 1. The molecule has 0 aliphatic heterocycles. The summed E-state index contributed by atoms with van der Waals surface area (Å²) in [4.78, 5) is 12.2. The SMILES string of the molecule is CCc1cc(C(=O)Nc2ccc(OCC#N)cc2)n(C)n1. The Morgan fingerprint density at radius 2 is 2.14 bits per heavy atom. The molecule has 0 saturated carbocycles. The Labute approximate surface area is 123 Å². The van der Waals surface area contributed by atoms with E-state index in [0.29, 0.717) is 17.1 Å². The molecule has 6 heteroatoms. The zero-order valence-corrected chi connectivity index (χ0v) is 12.0. The van der Waals surface area contributed by atoms with Gasteiger partial charge in [0.15, 0.2) is 6.61 Å². The van der Waals surface area contributed by atoms with E-state index in [4.69, 9.17) is 10.00 Å². The van der Waals surface area contributed by atoms with Gasteiger partial charge in [0, 0.05) is 12.7 Å². The van der Waals surface area contributed by atoms with Gasteiger partial charge in [0.25, 0.3) is 5.91 Å². The van der Waals surface area contributed by atoms with Crippen LogP contribution in [0, 0.1) is 11.3 Å². The Bertz CT molecular complexity index is 668. The molecule has 0 saturated heterocycles. The van der Waals surface area contributed by atoms with Crippen LogP contribution in [0.2, 0.25) is 0 Å². The normalized spacial score (nSPS) is 9.95. The van der Waals surface area contributed by atoms with Crippen LogP contribution in [0.3, 0.4) is 0 Å². The number of nitriles is 1. The van der Waals surface area contributed by atoms with Gasteiger partial charge in [-0.25, -0.2) is 0 Å². The number of ether oxygens (including phenoxy) is 1. The third kappa shape index (κ3) is 3.60. The molecule has 0 fully saturated rings. The molecule has 2 rings (SSSR count). The average molecular weight is 284 g/mol. The highest BCUT2D eigenvalue weighted by atomic mass is 16.5. The van der Waals surface area contributed by atoms with Crippen molar-refractivity contribution in [3.05, 3.63) is 41.7 Å². The van der Waals surface area contributed by atoms with Gasteiger partial charge in [-0.05, 0) is 36.8 Å². The predicted octanol–water partition coefficient (Wildman–Crippen LogP) is 2.14. The minimum atomic E-state index is -0.213. The van der Waals surface area contributed by atoms with E-state index in [0.717, 1.165) is 12.1 Å². The molecule has 0 aliphatic carbocycles. The van der Waals surface area contributed by atoms with Crippen LogP contribution in [0.25, 0.3) is 0 Å². The molecule has 0 aliphatic rings. The molecular formula is C15H16N4O2. The Morgan fingerprint density at radius 3 is 2.71 bits per heavy atom. The van der Waals surface area contributed by atoms with Crippen LogP contribution >= 0.6 is 0 Å². The van der Waals surface area contributed by atoms with Crippen LogP contribution in [-0.2, 0) is 13.5 Å². The van der Waals surface area contributed by atoms with Gasteiger partial charge in [0.2, 0.25) is 0 Å². The molecule has 0 unspecified atom stereocenters. The van der Waals surface area contributed by atoms with Crippen molar-refractivity contribution >= 4 is 11.6 Å². The summed E-state index contributed by atoms with van der Waals surface area (Å²) in [6, 6.07) is 10.5. The lowest BCUT2D eigenvalue weighted by atomic mass is 10.2. The molecule has 0 atom stereocenters. The molecule has 1 heterocycles. The number of nitrogens with zero attached hydrogens (tertiary/aromatic N) is 3. The van der Waals surface area contributed by atoms with Crippen LogP contribution < -0.4 is 10.1 Å². The Hall–Kier alpha value is -2.81. The number of carbonyl (C=O) groups excluding carboxylic acids is 1. The largest absolute Gasteiger partial charge is 0.479 e. The quantitative estimate of drug-likeness (QED) is 0.912. The number of aryl methyl sites for hydroxylation is 2. The van der Waals surface area contributed by atoms with E-state index in [1.807, 2.05) is 13.0 Å². The number of nitrogens with one attached hydrogen (secondary N) is 1. The van der Waals surface area contributed by atoms with Crippen LogP contribution in [0.4, 0.5) is 5.69 Å². The fourth-order valence-electron chi connectivity index (χ4n) is 1.86. The Balaban J connectivity index is 2.05. The zero-order valence-electron chi connectivity index (χ0n) is 12.0. The first-order valence-corrected chi connectivity index (χ1v) is 6.58. The van der Waals surface area contributed by atoms with Gasteiger partial charge in [-0.15, -0.1) is 0 Å².